The highest BCUT2D eigenvalue weighted by molar-refractivity contribution is 5.22. The summed E-state index contributed by atoms with van der Waals surface area (Å²) >= 11 is 0. The molecule has 0 aliphatic rings. The first-order valence-corrected chi connectivity index (χ1v) is 5.60. The van der Waals surface area contributed by atoms with Crippen LogP contribution in [0.3, 0.4) is 0 Å². The van der Waals surface area contributed by atoms with Gasteiger partial charge >= 0.3 is 0 Å². The molecule has 2 aromatic rings. The molecule has 1 aromatic carbocycles. The summed E-state index contributed by atoms with van der Waals surface area (Å²) in [6.07, 6.45) is 1.79. The number of hydrogen-bond donors (Lipinski definition) is 0. The summed E-state index contributed by atoms with van der Waals surface area (Å²) < 4.78 is 20.5. The lowest BCUT2D eigenvalue weighted by Gasteiger charge is -2.09. The van der Waals surface area contributed by atoms with Crippen molar-refractivity contribution in [3.63, 3.8) is 0 Å². The number of aryl methyl sites for hydroxylation is 1. The van der Waals surface area contributed by atoms with E-state index in [2.05, 4.69) is 16.5 Å². The lowest BCUT2D eigenvalue weighted by Crippen LogP contribution is -2.06. The van der Waals surface area contributed by atoms with Crippen LogP contribution in [-0.4, -0.2) is 9.55 Å². The fraction of sp³-hybridized carbons (Fsp3) is 0.308. The lowest BCUT2D eigenvalue weighted by atomic mass is 10.3. The molecule has 0 N–H and O–H groups in total. The zero-order chi connectivity index (χ0) is 12.3. The van der Waals surface area contributed by atoms with E-state index in [0.29, 0.717) is 12.4 Å². The smallest absolute Gasteiger partial charge is 0.130 e. The molecule has 0 radical (unpaired) electrons. The molecule has 0 aliphatic heterocycles. The van der Waals surface area contributed by atoms with Gasteiger partial charge in [0.1, 0.15) is 24.0 Å². The summed E-state index contributed by atoms with van der Waals surface area (Å²) in [7, 11) is 0. The maximum Gasteiger partial charge on any atom is 0.130 e. The third kappa shape index (κ3) is 2.64. The largest absolute Gasteiger partial charge is 0.487 e. The van der Waals surface area contributed by atoms with Crippen molar-refractivity contribution in [1.29, 1.82) is 0 Å². The van der Waals surface area contributed by atoms with Crippen LogP contribution in [0.15, 0.2) is 30.5 Å². The van der Waals surface area contributed by atoms with Crippen molar-refractivity contribution in [3.8, 4) is 5.75 Å². The molecular formula is C13H15FN2O. The second-order valence-electron chi connectivity index (χ2n) is 3.79. The molecule has 0 saturated heterocycles. The van der Waals surface area contributed by atoms with Gasteiger partial charge in [0.2, 0.25) is 0 Å². The number of halogens is 1. The summed E-state index contributed by atoms with van der Waals surface area (Å²) in [5.74, 6) is 1.21. The normalized spacial score (nSPS) is 10.5. The number of benzene rings is 1. The van der Waals surface area contributed by atoms with Gasteiger partial charge in [-0.05, 0) is 26.0 Å². The first-order valence-electron chi connectivity index (χ1n) is 5.60. The quantitative estimate of drug-likeness (QED) is 0.813. The average Bonchev–Trinajstić information content (AvgIpc) is 2.67. The van der Waals surface area contributed by atoms with Crippen LogP contribution >= 0.6 is 0 Å². The van der Waals surface area contributed by atoms with Crippen molar-refractivity contribution in [1.82, 2.24) is 9.55 Å². The third-order valence-electron chi connectivity index (χ3n) is 2.64. The van der Waals surface area contributed by atoms with E-state index in [1.54, 1.807) is 18.3 Å². The van der Waals surface area contributed by atoms with Crippen molar-refractivity contribution in [3.05, 3.63) is 47.8 Å². The Kier molecular flexibility index (Phi) is 3.42. The van der Waals surface area contributed by atoms with E-state index >= 15 is 0 Å². The van der Waals surface area contributed by atoms with E-state index in [-0.39, 0.29) is 5.82 Å². The maximum absolute atomic E-state index is 12.9. The van der Waals surface area contributed by atoms with Gasteiger partial charge in [0.15, 0.2) is 0 Å². The number of nitrogens with zero attached hydrogens (tertiary/aromatic N) is 2. The van der Waals surface area contributed by atoms with E-state index in [1.807, 2.05) is 6.92 Å². The number of imidazole rings is 1. The predicted octanol–water partition coefficient (Wildman–Crippen LogP) is 2.93. The SMILES string of the molecule is CCn1c(COc2cccc(F)c2)cnc1C. The number of hydrogen-bond acceptors (Lipinski definition) is 2. The highest BCUT2D eigenvalue weighted by atomic mass is 19.1. The zero-order valence-electron chi connectivity index (χ0n) is 9.98. The first-order chi connectivity index (χ1) is 8.20. The summed E-state index contributed by atoms with van der Waals surface area (Å²) in [6, 6.07) is 6.14. The molecule has 0 fully saturated rings. The van der Waals surface area contributed by atoms with Crippen LogP contribution < -0.4 is 4.74 Å². The Morgan fingerprint density at radius 2 is 2.24 bits per heavy atom. The van der Waals surface area contributed by atoms with Crippen LogP contribution in [0.25, 0.3) is 0 Å². The van der Waals surface area contributed by atoms with Gasteiger partial charge in [0.05, 0.1) is 11.9 Å². The third-order valence-corrected chi connectivity index (χ3v) is 2.64. The molecule has 0 unspecified atom stereocenters. The van der Waals surface area contributed by atoms with Crippen LogP contribution in [0.2, 0.25) is 0 Å². The van der Waals surface area contributed by atoms with E-state index in [4.69, 9.17) is 4.74 Å². The van der Waals surface area contributed by atoms with Crippen molar-refractivity contribution >= 4 is 0 Å². The van der Waals surface area contributed by atoms with E-state index in [9.17, 15) is 4.39 Å². The van der Waals surface area contributed by atoms with Gasteiger partial charge in [-0.2, -0.15) is 0 Å². The second-order valence-corrected chi connectivity index (χ2v) is 3.79. The molecule has 90 valence electrons. The molecule has 1 aromatic heterocycles. The van der Waals surface area contributed by atoms with Gasteiger partial charge in [-0.15, -0.1) is 0 Å². The molecule has 0 saturated carbocycles. The molecule has 1 heterocycles. The zero-order valence-corrected chi connectivity index (χ0v) is 9.98. The van der Waals surface area contributed by atoms with E-state index in [1.165, 1.54) is 12.1 Å². The molecule has 2 rings (SSSR count). The topological polar surface area (TPSA) is 27.1 Å². The summed E-state index contributed by atoms with van der Waals surface area (Å²) in [5.41, 5.74) is 0.995. The Balaban J connectivity index is 2.07. The van der Waals surface area contributed by atoms with E-state index in [0.717, 1.165) is 18.1 Å². The van der Waals surface area contributed by atoms with E-state index < -0.39 is 0 Å². The Bertz CT molecular complexity index is 508. The highest BCUT2D eigenvalue weighted by Gasteiger charge is 2.05. The fourth-order valence-corrected chi connectivity index (χ4v) is 1.78. The van der Waals surface area contributed by atoms with Crippen LogP contribution in [0.1, 0.15) is 18.4 Å². The maximum atomic E-state index is 12.9. The van der Waals surface area contributed by atoms with Gasteiger partial charge in [0.25, 0.3) is 0 Å². The molecule has 0 atom stereocenters. The molecule has 4 heteroatoms. The second kappa shape index (κ2) is 4.99. The summed E-state index contributed by atoms with van der Waals surface area (Å²) in [4.78, 5) is 4.23. The van der Waals surface area contributed by atoms with Crippen molar-refractivity contribution < 1.29 is 9.13 Å². The Labute approximate surface area is 99.9 Å². The van der Waals surface area contributed by atoms with Gasteiger partial charge < -0.3 is 9.30 Å². The van der Waals surface area contributed by atoms with Crippen molar-refractivity contribution in [2.45, 2.75) is 27.0 Å². The van der Waals surface area contributed by atoms with Crippen LogP contribution in [0.4, 0.5) is 4.39 Å². The molecule has 0 amide bonds. The molecular weight excluding hydrogens is 219 g/mol. The fourth-order valence-electron chi connectivity index (χ4n) is 1.78. The van der Waals surface area contributed by atoms with Gasteiger partial charge in [0, 0.05) is 12.6 Å². The van der Waals surface area contributed by atoms with Gasteiger partial charge in [-0.3, -0.25) is 0 Å². The monoisotopic (exact) mass is 234 g/mol. The summed E-state index contributed by atoms with van der Waals surface area (Å²) in [5, 5.41) is 0. The standard InChI is InChI=1S/C13H15FN2O/c1-3-16-10(2)15-8-12(16)9-17-13-6-4-5-11(14)7-13/h4-8H,3,9H2,1-2H3. The Hall–Kier alpha value is -1.84. The van der Waals surface area contributed by atoms with Gasteiger partial charge in [-0.25, -0.2) is 9.37 Å². The predicted molar refractivity (Wildman–Crippen MR) is 63.4 cm³/mol. The van der Waals surface area contributed by atoms with Crippen LogP contribution in [0, 0.1) is 12.7 Å². The lowest BCUT2D eigenvalue weighted by molar-refractivity contribution is 0.293. The minimum atomic E-state index is -0.289. The van der Waals surface area contributed by atoms with Crippen LogP contribution in [0.5, 0.6) is 5.75 Å². The van der Waals surface area contributed by atoms with Crippen molar-refractivity contribution in [2.75, 3.05) is 0 Å². The Morgan fingerprint density at radius 1 is 1.41 bits per heavy atom. The highest BCUT2D eigenvalue weighted by Crippen LogP contribution is 2.14. The molecule has 3 nitrogen and oxygen atoms in total. The molecule has 0 spiro atoms. The number of ether oxygens (including phenoxy) is 1. The number of rotatable bonds is 4. The van der Waals surface area contributed by atoms with Crippen molar-refractivity contribution in [2.24, 2.45) is 0 Å². The minimum absolute atomic E-state index is 0.289. The molecule has 17 heavy (non-hydrogen) atoms. The van der Waals surface area contributed by atoms with Gasteiger partial charge in [-0.1, -0.05) is 6.07 Å². The first kappa shape index (κ1) is 11.6. The summed E-state index contributed by atoms with van der Waals surface area (Å²) in [6.45, 7) is 5.27. The molecule has 0 aliphatic carbocycles. The molecule has 0 bridgehead atoms. The number of aromatic nitrogens is 2. The van der Waals surface area contributed by atoms with Crippen LogP contribution in [-0.2, 0) is 13.2 Å². The Morgan fingerprint density at radius 3 is 2.94 bits per heavy atom. The minimum Gasteiger partial charge on any atom is -0.487 e. The average molecular weight is 234 g/mol.